The molecule has 0 spiro atoms. The van der Waals surface area contributed by atoms with Crippen molar-refractivity contribution in [3.63, 3.8) is 0 Å². The van der Waals surface area contributed by atoms with Crippen LogP contribution < -0.4 is 15.1 Å². The molecule has 1 amide bonds. The average Bonchev–Trinajstić information content (AvgIpc) is 2.75. The summed E-state index contributed by atoms with van der Waals surface area (Å²) in [6.45, 7) is 8.67. The number of nitrogens with zero attached hydrogens (tertiary/aromatic N) is 4. The van der Waals surface area contributed by atoms with Crippen LogP contribution in [0, 0.1) is 11.8 Å². The molecule has 1 atom stereocenters. The molecule has 2 fully saturated rings. The van der Waals surface area contributed by atoms with Crippen LogP contribution in [0.5, 0.6) is 0 Å². The molecule has 1 aromatic heterocycles. The van der Waals surface area contributed by atoms with Crippen LogP contribution in [0.3, 0.4) is 0 Å². The molecule has 1 unspecified atom stereocenters. The Hall–Kier alpha value is -2.63. The van der Waals surface area contributed by atoms with Gasteiger partial charge in [0, 0.05) is 43.8 Å². The first-order chi connectivity index (χ1) is 14.1. The molecule has 3 heterocycles. The molecule has 1 N–H and O–H groups in total. The van der Waals surface area contributed by atoms with E-state index in [0.717, 1.165) is 44.2 Å². The van der Waals surface area contributed by atoms with E-state index >= 15 is 0 Å². The van der Waals surface area contributed by atoms with Gasteiger partial charge in [-0.2, -0.15) is 0 Å². The summed E-state index contributed by atoms with van der Waals surface area (Å²) in [4.78, 5) is 26.2. The first-order valence-corrected chi connectivity index (χ1v) is 10.8. The number of piperidine rings is 2. The minimum Gasteiger partial charge on any atom is -0.372 e. The number of nitrogens with one attached hydrogen (secondary N) is 1. The SMILES string of the molecule is CC1CCN(c2ccc(NC(=O)c3ccnc(N4CCCC(C)C4)n3)cc2)CC1. The van der Waals surface area contributed by atoms with Gasteiger partial charge in [-0.05, 0) is 67.9 Å². The second-order valence-corrected chi connectivity index (χ2v) is 8.61. The molecule has 2 saturated heterocycles. The number of benzene rings is 1. The van der Waals surface area contributed by atoms with Crippen LogP contribution in [0.15, 0.2) is 36.5 Å². The fraction of sp³-hybridized carbons (Fsp3) is 0.522. The Morgan fingerprint density at radius 1 is 0.966 bits per heavy atom. The Bertz CT molecular complexity index is 829. The standard InChI is InChI=1S/C23H31N5O/c1-17-10-14-27(15-11-17)20-7-5-19(6-8-20)25-22(29)21-9-12-24-23(26-21)28-13-3-4-18(2)16-28/h5-9,12,17-18H,3-4,10-11,13-16H2,1-2H3,(H,25,29). The fourth-order valence-electron chi connectivity index (χ4n) is 4.22. The quantitative estimate of drug-likeness (QED) is 0.843. The van der Waals surface area contributed by atoms with Crippen LogP contribution in [0.25, 0.3) is 0 Å². The van der Waals surface area contributed by atoms with Crippen molar-refractivity contribution < 1.29 is 4.79 Å². The Labute approximate surface area is 173 Å². The van der Waals surface area contributed by atoms with E-state index in [-0.39, 0.29) is 5.91 Å². The van der Waals surface area contributed by atoms with Gasteiger partial charge in [0.1, 0.15) is 5.69 Å². The lowest BCUT2D eigenvalue weighted by molar-refractivity contribution is 0.102. The number of carbonyl (C=O) groups is 1. The highest BCUT2D eigenvalue weighted by Crippen LogP contribution is 2.24. The zero-order chi connectivity index (χ0) is 20.2. The molecule has 0 aliphatic carbocycles. The summed E-state index contributed by atoms with van der Waals surface area (Å²) < 4.78 is 0. The van der Waals surface area contributed by atoms with Gasteiger partial charge >= 0.3 is 0 Å². The topological polar surface area (TPSA) is 61.4 Å². The zero-order valence-electron chi connectivity index (χ0n) is 17.5. The van der Waals surface area contributed by atoms with Crippen molar-refractivity contribution in [3.8, 4) is 0 Å². The first kappa shape index (κ1) is 19.7. The maximum absolute atomic E-state index is 12.7. The Morgan fingerprint density at radius 2 is 1.72 bits per heavy atom. The van der Waals surface area contributed by atoms with Crippen LogP contribution in [-0.2, 0) is 0 Å². The largest absolute Gasteiger partial charge is 0.372 e. The van der Waals surface area contributed by atoms with Crippen molar-refractivity contribution in [2.24, 2.45) is 11.8 Å². The van der Waals surface area contributed by atoms with E-state index < -0.39 is 0 Å². The second kappa shape index (κ2) is 8.80. The van der Waals surface area contributed by atoms with E-state index in [0.29, 0.717) is 17.6 Å². The second-order valence-electron chi connectivity index (χ2n) is 8.61. The van der Waals surface area contributed by atoms with Crippen molar-refractivity contribution in [2.75, 3.05) is 41.3 Å². The number of aromatic nitrogens is 2. The van der Waals surface area contributed by atoms with E-state index in [9.17, 15) is 4.79 Å². The summed E-state index contributed by atoms with van der Waals surface area (Å²) >= 11 is 0. The first-order valence-electron chi connectivity index (χ1n) is 10.8. The van der Waals surface area contributed by atoms with Gasteiger partial charge in [0.15, 0.2) is 0 Å². The molecule has 29 heavy (non-hydrogen) atoms. The van der Waals surface area contributed by atoms with E-state index in [1.165, 1.54) is 24.9 Å². The van der Waals surface area contributed by atoms with Crippen molar-refractivity contribution in [3.05, 3.63) is 42.2 Å². The number of rotatable bonds is 4. The molecular formula is C23H31N5O. The lowest BCUT2D eigenvalue weighted by Gasteiger charge is -2.32. The van der Waals surface area contributed by atoms with Gasteiger partial charge in [-0.15, -0.1) is 0 Å². The number of anilines is 3. The molecule has 4 rings (SSSR count). The molecule has 1 aromatic carbocycles. The highest BCUT2D eigenvalue weighted by Gasteiger charge is 2.20. The molecule has 154 valence electrons. The van der Waals surface area contributed by atoms with Gasteiger partial charge < -0.3 is 15.1 Å². The summed E-state index contributed by atoms with van der Waals surface area (Å²) in [5.74, 6) is 1.90. The van der Waals surface area contributed by atoms with E-state index in [1.807, 2.05) is 12.1 Å². The molecule has 6 heteroatoms. The van der Waals surface area contributed by atoms with Gasteiger partial charge in [-0.25, -0.2) is 9.97 Å². The molecular weight excluding hydrogens is 362 g/mol. The van der Waals surface area contributed by atoms with E-state index in [4.69, 9.17) is 0 Å². The summed E-state index contributed by atoms with van der Waals surface area (Å²) in [5, 5.41) is 2.97. The highest BCUT2D eigenvalue weighted by atomic mass is 16.1. The third-order valence-electron chi connectivity index (χ3n) is 6.09. The van der Waals surface area contributed by atoms with E-state index in [2.05, 4.69) is 51.1 Å². The summed E-state index contributed by atoms with van der Waals surface area (Å²) in [5.41, 5.74) is 2.41. The van der Waals surface area contributed by atoms with Crippen molar-refractivity contribution in [2.45, 2.75) is 39.5 Å². The molecule has 2 aliphatic rings. The predicted molar refractivity (Wildman–Crippen MR) is 118 cm³/mol. The predicted octanol–water partition coefficient (Wildman–Crippen LogP) is 4.20. The van der Waals surface area contributed by atoms with Crippen molar-refractivity contribution >= 4 is 23.2 Å². The number of carbonyl (C=O) groups excluding carboxylic acids is 1. The number of amides is 1. The van der Waals surface area contributed by atoms with Crippen LogP contribution in [-0.4, -0.2) is 42.1 Å². The average molecular weight is 394 g/mol. The maximum atomic E-state index is 12.7. The van der Waals surface area contributed by atoms with Gasteiger partial charge in [-0.3, -0.25) is 4.79 Å². The summed E-state index contributed by atoms with van der Waals surface area (Å²) in [6.07, 6.45) is 6.54. The highest BCUT2D eigenvalue weighted by molar-refractivity contribution is 6.03. The lowest BCUT2D eigenvalue weighted by Crippen LogP contribution is -2.35. The number of hydrogen-bond acceptors (Lipinski definition) is 5. The Balaban J connectivity index is 1.39. The molecule has 0 bridgehead atoms. The molecule has 2 aliphatic heterocycles. The lowest BCUT2D eigenvalue weighted by atomic mass is 9.99. The van der Waals surface area contributed by atoms with Gasteiger partial charge in [0.25, 0.3) is 5.91 Å². The molecule has 0 radical (unpaired) electrons. The Kier molecular flexibility index (Phi) is 5.97. The van der Waals surface area contributed by atoms with Crippen molar-refractivity contribution in [1.82, 2.24) is 9.97 Å². The third kappa shape index (κ3) is 4.86. The molecule has 6 nitrogen and oxygen atoms in total. The maximum Gasteiger partial charge on any atom is 0.274 e. The third-order valence-corrected chi connectivity index (χ3v) is 6.09. The van der Waals surface area contributed by atoms with Crippen LogP contribution in [0.1, 0.15) is 50.0 Å². The van der Waals surface area contributed by atoms with Crippen LogP contribution in [0.2, 0.25) is 0 Å². The van der Waals surface area contributed by atoms with Crippen LogP contribution in [0.4, 0.5) is 17.3 Å². The molecule has 0 saturated carbocycles. The Morgan fingerprint density at radius 3 is 2.45 bits per heavy atom. The molecule has 2 aromatic rings. The summed E-state index contributed by atoms with van der Waals surface area (Å²) in [7, 11) is 0. The van der Waals surface area contributed by atoms with Gasteiger partial charge in [-0.1, -0.05) is 13.8 Å². The fourth-order valence-corrected chi connectivity index (χ4v) is 4.22. The minimum absolute atomic E-state index is 0.196. The summed E-state index contributed by atoms with van der Waals surface area (Å²) in [6, 6.07) is 9.80. The normalized spacial score (nSPS) is 20.6. The van der Waals surface area contributed by atoms with Crippen molar-refractivity contribution in [1.29, 1.82) is 0 Å². The minimum atomic E-state index is -0.196. The number of hydrogen-bond donors (Lipinski definition) is 1. The zero-order valence-corrected chi connectivity index (χ0v) is 17.5. The van der Waals surface area contributed by atoms with Gasteiger partial charge in [0.05, 0.1) is 0 Å². The van der Waals surface area contributed by atoms with Gasteiger partial charge in [0.2, 0.25) is 5.95 Å². The monoisotopic (exact) mass is 393 g/mol. The van der Waals surface area contributed by atoms with E-state index in [1.54, 1.807) is 12.3 Å². The van der Waals surface area contributed by atoms with Crippen LogP contribution >= 0.6 is 0 Å². The smallest absolute Gasteiger partial charge is 0.274 e.